The molecule has 0 radical (unpaired) electrons. The van der Waals surface area contributed by atoms with Crippen molar-refractivity contribution in [3.8, 4) is 134 Å². The molecular weight excluding hydrogens is 1590 g/mol. The maximum absolute atomic E-state index is 2.49. The fourth-order valence-electron chi connectivity index (χ4n) is 20.7. The largest absolute Gasteiger partial charge is 0.310 e. The van der Waals surface area contributed by atoms with Gasteiger partial charge in [0.2, 0.25) is 0 Å². The molecule has 0 spiro atoms. The van der Waals surface area contributed by atoms with Crippen LogP contribution in [-0.2, 0) is 10.8 Å². The highest BCUT2D eigenvalue weighted by Gasteiger charge is 2.41. The Balaban J connectivity index is 0.000000150. The van der Waals surface area contributed by atoms with Crippen LogP contribution in [-0.4, -0.2) is 0 Å². The maximum Gasteiger partial charge on any atom is 0.0543 e. The van der Waals surface area contributed by atoms with E-state index >= 15 is 0 Å². The zero-order chi connectivity index (χ0) is 88.4. The van der Waals surface area contributed by atoms with Gasteiger partial charge < -0.3 is 9.80 Å². The summed E-state index contributed by atoms with van der Waals surface area (Å²) in [5, 5.41) is 10.0. The summed E-state index contributed by atoms with van der Waals surface area (Å²) in [5.74, 6) is 0. The summed E-state index contributed by atoms with van der Waals surface area (Å²) >= 11 is 0. The molecular formula is C130H94N2. The van der Waals surface area contributed by atoms with Crippen LogP contribution in [0.4, 0.5) is 34.1 Å². The minimum absolute atomic E-state index is 0.243. The molecule has 132 heavy (non-hydrogen) atoms. The first-order valence-electron chi connectivity index (χ1n) is 46.0. The molecule has 0 fully saturated rings. The van der Waals surface area contributed by atoms with Gasteiger partial charge in [-0.15, -0.1) is 0 Å². The third-order valence-electron chi connectivity index (χ3n) is 27.8. The average molecular weight is 1680 g/mol. The zero-order valence-electron chi connectivity index (χ0n) is 74.2. The van der Waals surface area contributed by atoms with Crippen molar-refractivity contribution in [2.75, 3.05) is 9.80 Å². The van der Waals surface area contributed by atoms with Crippen molar-refractivity contribution in [1.82, 2.24) is 0 Å². The third kappa shape index (κ3) is 14.7. The minimum Gasteiger partial charge on any atom is -0.310 e. The van der Waals surface area contributed by atoms with Crippen LogP contribution in [0.5, 0.6) is 0 Å². The molecule has 2 heteroatoms. The van der Waals surface area contributed by atoms with Gasteiger partial charge in [-0.05, 0) is 267 Å². The van der Waals surface area contributed by atoms with Gasteiger partial charge in [-0.3, -0.25) is 0 Å². The lowest BCUT2D eigenvalue weighted by Gasteiger charge is -2.30. The molecule has 0 saturated carbocycles. The van der Waals surface area contributed by atoms with Crippen LogP contribution in [0.15, 0.2) is 497 Å². The molecule has 0 aliphatic heterocycles. The van der Waals surface area contributed by atoms with Crippen LogP contribution in [0.25, 0.3) is 177 Å². The van der Waals surface area contributed by atoms with Gasteiger partial charge in [0.05, 0.1) is 11.4 Å². The fourth-order valence-corrected chi connectivity index (χ4v) is 20.7. The van der Waals surface area contributed by atoms with Crippen molar-refractivity contribution >= 4 is 77.2 Å². The first-order chi connectivity index (χ1) is 64.9. The highest BCUT2D eigenvalue weighted by Crippen LogP contribution is 2.58. The second kappa shape index (κ2) is 33.6. The topological polar surface area (TPSA) is 6.48 Å². The van der Waals surface area contributed by atoms with Crippen LogP contribution in [0, 0.1) is 0 Å². The molecule has 2 nitrogen and oxygen atoms in total. The normalized spacial score (nSPS) is 12.5. The molecule has 22 aromatic rings. The van der Waals surface area contributed by atoms with Crippen molar-refractivity contribution in [3.63, 3.8) is 0 Å². The maximum atomic E-state index is 2.49. The number of hydrogen-bond donors (Lipinski definition) is 0. The van der Waals surface area contributed by atoms with Crippen LogP contribution in [0.3, 0.4) is 0 Å². The van der Waals surface area contributed by atoms with Gasteiger partial charge in [0, 0.05) is 44.4 Å². The molecule has 0 heterocycles. The Bertz CT molecular complexity index is 7800. The Morgan fingerprint density at radius 3 is 0.735 bits per heavy atom. The number of rotatable bonds is 16. The molecule has 0 N–H and O–H groups in total. The summed E-state index contributed by atoms with van der Waals surface area (Å²) in [6.07, 6.45) is 0. The van der Waals surface area contributed by atoms with Gasteiger partial charge in [-0.1, -0.05) is 446 Å². The lowest BCUT2D eigenvalue weighted by molar-refractivity contribution is 0.661. The van der Waals surface area contributed by atoms with Crippen molar-refractivity contribution < 1.29 is 0 Å². The average Bonchev–Trinajstić information content (AvgIpc) is 1.55. The standard InChI is InChI=1S/2C65H47N/c1-65(2)61-42-53(57-23-13-19-52-18-9-10-20-56(52)57)36-41-60(61)64-59-22-12-11-21-58(59)63(43-62(64)65)66(54-37-32-50(33-38-54)48-28-24-46(25-29-48)44-14-5-3-6-15-44)55-39-34-51(35-40-55)49-30-26-47(27-31-49)45-16-7-4-8-17-45;1-65(2)61-42-55(54-30-29-46-17-9-10-18-53(46)41-54)35-40-60(61)64-59-20-12-11-19-58(59)63(43-62(64)65)66(56-36-31-51(32-37-56)49-25-21-47(22-26-49)44-13-5-3-6-14-44)57-38-33-52(34-39-57)50-27-23-48(24-28-50)45-15-7-4-8-16-45/h2*3-43H,1-2H3. The molecule has 22 aromatic carbocycles. The summed E-state index contributed by atoms with van der Waals surface area (Å²) < 4.78 is 0. The summed E-state index contributed by atoms with van der Waals surface area (Å²) in [6.45, 7) is 9.62. The van der Waals surface area contributed by atoms with Crippen molar-refractivity contribution in [1.29, 1.82) is 0 Å². The molecule has 2 aliphatic carbocycles. The van der Waals surface area contributed by atoms with Crippen LogP contribution in [0.1, 0.15) is 49.9 Å². The van der Waals surface area contributed by atoms with Gasteiger partial charge in [0.1, 0.15) is 0 Å². The third-order valence-corrected chi connectivity index (χ3v) is 27.8. The monoisotopic (exact) mass is 1680 g/mol. The number of hydrogen-bond acceptors (Lipinski definition) is 2. The van der Waals surface area contributed by atoms with Crippen molar-refractivity contribution in [2.45, 2.75) is 38.5 Å². The molecule has 24 rings (SSSR count). The Morgan fingerprint density at radius 1 is 0.144 bits per heavy atom. The van der Waals surface area contributed by atoms with Gasteiger partial charge in [0.15, 0.2) is 0 Å². The van der Waals surface area contributed by atoms with E-state index in [4.69, 9.17) is 0 Å². The smallest absolute Gasteiger partial charge is 0.0543 e. The fraction of sp³-hybridized carbons (Fsp3) is 0.0462. The molecule has 0 bridgehead atoms. The Morgan fingerprint density at radius 2 is 0.386 bits per heavy atom. The lowest BCUT2D eigenvalue weighted by atomic mass is 9.80. The van der Waals surface area contributed by atoms with E-state index in [1.54, 1.807) is 0 Å². The van der Waals surface area contributed by atoms with Gasteiger partial charge in [0.25, 0.3) is 0 Å². The van der Waals surface area contributed by atoms with E-state index in [1.807, 2.05) is 0 Å². The highest BCUT2D eigenvalue weighted by atomic mass is 15.2. The second-order valence-electron chi connectivity index (χ2n) is 36.2. The second-order valence-corrected chi connectivity index (χ2v) is 36.2. The van der Waals surface area contributed by atoms with E-state index in [2.05, 4.69) is 535 Å². The van der Waals surface area contributed by atoms with Gasteiger partial charge >= 0.3 is 0 Å². The summed E-state index contributed by atoms with van der Waals surface area (Å²) in [4.78, 5) is 4.93. The Hall–Kier alpha value is -16.5. The SMILES string of the molecule is CC1(C)c2cc(-c3ccc4ccccc4c3)ccc2-c2c1cc(N(c1ccc(-c3ccc(-c4ccccc4)cc3)cc1)c1ccc(-c3ccc(-c4ccccc4)cc3)cc1)c1ccccc21.CC1(C)c2cc(-c3cccc4ccccc34)ccc2-c2c1cc(N(c1ccc(-c3ccc(-c4ccccc4)cc3)cc1)c1ccc(-c3ccc(-c4ccccc4)cc3)cc1)c1ccccc21. The zero-order valence-corrected chi connectivity index (χ0v) is 74.2. The molecule has 0 unspecified atom stereocenters. The first kappa shape index (κ1) is 80.1. The van der Waals surface area contributed by atoms with E-state index in [9.17, 15) is 0 Å². The van der Waals surface area contributed by atoms with Crippen LogP contribution < -0.4 is 9.80 Å². The molecule has 624 valence electrons. The van der Waals surface area contributed by atoms with Crippen LogP contribution in [0.2, 0.25) is 0 Å². The highest BCUT2D eigenvalue weighted by molar-refractivity contribution is 6.13. The number of nitrogens with zero attached hydrogens (tertiary/aromatic N) is 2. The van der Waals surface area contributed by atoms with E-state index < -0.39 is 0 Å². The molecule has 0 atom stereocenters. The predicted molar refractivity (Wildman–Crippen MR) is 562 cm³/mol. The van der Waals surface area contributed by atoms with E-state index in [0.717, 1.165) is 22.7 Å². The molecule has 0 saturated heterocycles. The summed E-state index contributed by atoms with van der Waals surface area (Å²) in [6, 6.07) is 183. The Kier molecular flexibility index (Phi) is 20.4. The molecule has 2 aliphatic rings. The summed E-state index contributed by atoms with van der Waals surface area (Å²) in [7, 11) is 0. The minimum atomic E-state index is -0.249. The first-order valence-corrected chi connectivity index (χ1v) is 46.0. The van der Waals surface area contributed by atoms with Gasteiger partial charge in [-0.25, -0.2) is 0 Å². The number of anilines is 6. The lowest BCUT2D eigenvalue weighted by Crippen LogP contribution is -2.17. The van der Waals surface area contributed by atoms with Crippen molar-refractivity contribution in [2.24, 2.45) is 0 Å². The molecule has 0 amide bonds. The van der Waals surface area contributed by atoms with E-state index in [-0.39, 0.29) is 10.8 Å². The predicted octanol–water partition coefficient (Wildman–Crippen LogP) is 36.2. The summed E-state index contributed by atoms with van der Waals surface area (Å²) in [5.41, 5.74) is 41.3. The Labute approximate surface area is 773 Å². The van der Waals surface area contributed by atoms with Crippen molar-refractivity contribution in [3.05, 3.63) is 520 Å². The quantitative estimate of drug-likeness (QED) is 0.0951. The van der Waals surface area contributed by atoms with E-state index in [1.165, 1.54) is 210 Å². The molecule has 0 aromatic heterocycles. The number of benzene rings is 22. The number of fused-ring (bicyclic) bond motifs is 12. The van der Waals surface area contributed by atoms with Gasteiger partial charge in [-0.2, -0.15) is 0 Å². The van der Waals surface area contributed by atoms with Crippen LogP contribution >= 0.6 is 0 Å². The van der Waals surface area contributed by atoms with E-state index in [0.29, 0.717) is 0 Å².